The molecule has 0 N–H and O–H groups in total. The molecule has 0 heterocycles. The lowest BCUT2D eigenvalue weighted by atomic mass is 9.78. The number of hydrogen-bond acceptors (Lipinski definition) is 0. The molecule has 0 atom stereocenters. The summed E-state index contributed by atoms with van der Waals surface area (Å²) in [5.41, 5.74) is 4.12. The zero-order valence-corrected chi connectivity index (χ0v) is 15.7. The molecular formula is C24H31F. The number of benzene rings is 2. The molecule has 0 radical (unpaired) electrons. The summed E-state index contributed by atoms with van der Waals surface area (Å²) in [5, 5.41) is 0. The smallest absolute Gasteiger partial charge is 0.131 e. The van der Waals surface area contributed by atoms with Gasteiger partial charge in [-0.1, -0.05) is 82.3 Å². The van der Waals surface area contributed by atoms with E-state index in [1.54, 1.807) is 6.07 Å². The minimum Gasteiger partial charge on any atom is -0.206 e. The molecule has 0 aliphatic heterocycles. The van der Waals surface area contributed by atoms with Crippen LogP contribution in [0.15, 0.2) is 42.5 Å². The van der Waals surface area contributed by atoms with Gasteiger partial charge in [0.15, 0.2) is 0 Å². The molecule has 1 aliphatic carbocycles. The first kappa shape index (κ1) is 18.2. The summed E-state index contributed by atoms with van der Waals surface area (Å²) in [5.74, 6) is 1.77. The highest BCUT2D eigenvalue weighted by Crippen LogP contribution is 2.33. The lowest BCUT2D eigenvalue weighted by Crippen LogP contribution is -2.14. The van der Waals surface area contributed by atoms with Gasteiger partial charge in [0, 0.05) is 5.56 Å². The fourth-order valence-corrected chi connectivity index (χ4v) is 4.16. The topological polar surface area (TPSA) is 0 Å². The predicted octanol–water partition coefficient (Wildman–Crippen LogP) is 7.20. The summed E-state index contributed by atoms with van der Waals surface area (Å²) < 4.78 is 14.3. The molecule has 0 spiro atoms. The second-order valence-electron chi connectivity index (χ2n) is 7.70. The van der Waals surface area contributed by atoms with Gasteiger partial charge >= 0.3 is 0 Å². The summed E-state index contributed by atoms with van der Waals surface area (Å²) in [4.78, 5) is 0. The molecule has 0 unspecified atom stereocenters. The van der Waals surface area contributed by atoms with Crippen LogP contribution in [0, 0.1) is 17.7 Å². The van der Waals surface area contributed by atoms with Crippen LogP contribution in [-0.2, 0) is 12.8 Å². The fourth-order valence-electron chi connectivity index (χ4n) is 4.16. The van der Waals surface area contributed by atoms with Crippen molar-refractivity contribution in [3.05, 3.63) is 59.4 Å². The molecule has 3 rings (SSSR count). The first-order valence-corrected chi connectivity index (χ1v) is 10.1. The highest BCUT2D eigenvalue weighted by Gasteiger charge is 2.19. The van der Waals surface area contributed by atoms with E-state index in [0.717, 1.165) is 35.8 Å². The van der Waals surface area contributed by atoms with E-state index in [1.165, 1.54) is 44.1 Å². The van der Waals surface area contributed by atoms with Crippen molar-refractivity contribution in [3.8, 4) is 11.1 Å². The molecule has 0 saturated heterocycles. The number of rotatable bonds is 6. The predicted molar refractivity (Wildman–Crippen MR) is 105 cm³/mol. The van der Waals surface area contributed by atoms with E-state index in [2.05, 4.69) is 38.1 Å². The molecule has 1 saturated carbocycles. The normalized spacial score (nSPS) is 20.6. The summed E-state index contributed by atoms with van der Waals surface area (Å²) in [6, 6.07) is 14.1. The van der Waals surface area contributed by atoms with Crippen LogP contribution in [0.2, 0.25) is 0 Å². The quantitative estimate of drug-likeness (QED) is 0.522. The van der Waals surface area contributed by atoms with E-state index >= 15 is 0 Å². The van der Waals surface area contributed by atoms with Crippen LogP contribution in [0.5, 0.6) is 0 Å². The molecule has 0 aromatic heterocycles. The molecule has 134 valence electrons. The van der Waals surface area contributed by atoms with Gasteiger partial charge in [0.1, 0.15) is 5.82 Å². The van der Waals surface area contributed by atoms with Crippen molar-refractivity contribution < 1.29 is 4.39 Å². The molecule has 2 aromatic carbocycles. The highest BCUT2D eigenvalue weighted by atomic mass is 19.1. The first-order chi connectivity index (χ1) is 12.2. The molecule has 2 aromatic rings. The molecule has 1 aliphatic rings. The highest BCUT2D eigenvalue weighted by molar-refractivity contribution is 5.64. The summed E-state index contributed by atoms with van der Waals surface area (Å²) in [6.45, 7) is 4.38. The lowest BCUT2D eigenvalue weighted by Gasteiger charge is -2.27. The Balaban J connectivity index is 1.57. The SMILES string of the molecule is CCc1ccc(-c2ccc(CC[C@H]3CC[C@H](CC)CC3)cc2)c(F)c1. The maximum atomic E-state index is 14.3. The van der Waals surface area contributed by atoms with Gasteiger partial charge in [-0.3, -0.25) is 0 Å². The number of aryl methyl sites for hydroxylation is 2. The largest absolute Gasteiger partial charge is 0.206 e. The van der Waals surface area contributed by atoms with E-state index in [4.69, 9.17) is 0 Å². The maximum absolute atomic E-state index is 14.3. The third kappa shape index (κ3) is 4.71. The Morgan fingerprint density at radius 3 is 2.08 bits per heavy atom. The van der Waals surface area contributed by atoms with Crippen LogP contribution in [-0.4, -0.2) is 0 Å². The van der Waals surface area contributed by atoms with Gasteiger partial charge in [0.25, 0.3) is 0 Å². The minimum absolute atomic E-state index is 0.111. The van der Waals surface area contributed by atoms with Gasteiger partial charge in [0.05, 0.1) is 0 Å². The number of halogens is 1. The van der Waals surface area contributed by atoms with Crippen molar-refractivity contribution in [1.29, 1.82) is 0 Å². The second-order valence-corrected chi connectivity index (χ2v) is 7.70. The molecule has 0 bridgehead atoms. The van der Waals surface area contributed by atoms with Gasteiger partial charge < -0.3 is 0 Å². The van der Waals surface area contributed by atoms with Crippen molar-refractivity contribution in [2.24, 2.45) is 11.8 Å². The standard InChI is InChI=1S/C24H31F/c1-3-18-5-7-20(8-6-18)9-10-21-11-14-22(15-12-21)23-16-13-19(4-2)17-24(23)25/h11-18,20H,3-10H2,1-2H3/t18-,20-. The zero-order chi connectivity index (χ0) is 17.6. The van der Waals surface area contributed by atoms with Crippen molar-refractivity contribution in [2.45, 2.75) is 65.2 Å². The average Bonchev–Trinajstić information content (AvgIpc) is 2.67. The van der Waals surface area contributed by atoms with Crippen LogP contribution in [0.1, 0.15) is 63.5 Å². The molecule has 0 amide bonds. The summed E-state index contributed by atoms with van der Waals surface area (Å²) in [7, 11) is 0. The monoisotopic (exact) mass is 338 g/mol. The molecule has 1 heteroatoms. The maximum Gasteiger partial charge on any atom is 0.131 e. The second kappa shape index (κ2) is 8.65. The van der Waals surface area contributed by atoms with Crippen LogP contribution in [0.3, 0.4) is 0 Å². The van der Waals surface area contributed by atoms with E-state index < -0.39 is 0 Å². The van der Waals surface area contributed by atoms with Crippen molar-refractivity contribution in [1.82, 2.24) is 0 Å². The van der Waals surface area contributed by atoms with E-state index in [0.29, 0.717) is 5.56 Å². The lowest BCUT2D eigenvalue weighted by molar-refractivity contribution is 0.259. The van der Waals surface area contributed by atoms with E-state index in [-0.39, 0.29) is 5.82 Å². The third-order valence-electron chi connectivity index (χ3n) is 6.09. The average molecular weight is 339 g/mol. The molecule has 0 nitrogen and oxygen atoms in total. The Kier molecular flexibility index (Phi) is 6.29. The van der Waals surface area contributed by atoms with Crippen LogP contribution in [0.4, 0.5) is 4.39 Å². The first-order valence-electron chi connectivity index (χ1n) is 10.1. The Morgan fingerprint density at radius 2 is 1.48 bits per heavy atom. The van der Waals surface area contributed by atoms with Gasteiger partial charge in [0.2, 0.25) is 0 Å². The third-order valence-corrected chi connectivity index (χ3v) is 6.09. The van der Waals surface area contributed by atoms with Gasteiger partial charge in [-0.05, 0) is 53.9 Å². The Labute approximate surface area is 152 Å². The molecular weight excluding hydrogens is 307 g/mol. The Bertz CT molecular complexity index is 663. The van der Waals surface area contributed by atoms with Gasteiger partial charge in [-0.2, -0.15) is 0 Å². The molecule has 1 fully saturated rings. The Hall–Kier alpha value is -1.63. The van der Waals surface area contributed by atoms with Crippen molar-refractivity contribution >= 4 is 0 Å². The zero-order valence-electron chi connectivity index (χ0n) is 15.7. The van der Waals surface area contributed by atoms with Crippen molar-refractivity contribution in [2.75, 3.05) is 0 Å². The van der Waals surface area contributed by atoms with Crippen LogP contribution < -0.4 is 0 Å². The Morgan fingerprint density at radius 1 is 0.840 bits per heavy atom. The fraction of sp³-hybridized carbons (Fsp3) is 0.500. The number of hydrogen-bond donors (Lipinski definition) is 0. The van der Waals surface area contributed by atoms with Crippen LogP contribution >= 0.6 is 0 Å². The summed E-state index contributed by atoms with van der Waals surface area (Å²) >= 11 is 0. The van der Waals surface area contributed by atoms with Crippen LogP contribution in [0.25, 0.3) is 11.1 Å². The van der Waals surface area contributed by atoms with Gasteiger partial charge in [-0.15, -0.1) is 0 Å². The van der Waals surface area contributed by atoms with Gasteiger partial charge in [-0.25, -0.2) is 4.39 Å². The molecule has 25 heavy (non-hydrogen) atoms. The minimum atomic E-state index is -0.111. The summed E-state index contributed by atoms with van der Waals surface area (Å²) in [6.07, 6.45) is 10.3. The van der Waals surface area contributed by atoms with Crippen molar-refractivity contribution in [3.63, 3.8) is 0 Å². The van der Waals surface area contributed by atoms with E-state index in [9.17, 15) is 4.39 Å². The van der Waals surface area contributed by atoms with E-state index in [1.807, 2.05) is 12.1 Å².